The van der Waals surface area contributed by atoms with E-state index in [9.17, 15) is 4.79 Å². The topological polar surface area (TPSA) is 103 Å². The second kappa shape index (κ2) is 7.88. The molecule has 0 aliphatic rings. The maximum atomic E-state index is 12.3. The summed E-state index contributed by atoms with van der Waals surface area (Å²) in [7, 11) is 0. The van der Waals surface area contributed by atoms with E-state index in [0.29, 0.717) is 23.7 Å². The van der Waals surface area contributed by atoms with E-state index < -0.39 is 0 Å². The molecule has 0 aromatic carbocycles. The lowest BCUT2D eigenvalue weighted by molar-refractivity contribution is 0.0956. The van der Waals surface area contributed by atoms with Crippen LogP contribution in [0.3, 0.4) is 0 Å². The van der Waals surface area contributed by atoms with Crippen LogP contribution in [0.2, 0.25) is 0 Å². The average Bonchev–Trinajstić information content (AvgIpc) is 3.28. The number of nitrogens with one attached hydrogen (secondary N) is 1. The minimum Gasteiger partial charge on any atom is -0.351 e. The Balaban J connectivity index is 1.54. The molecule has 130 valence electrons. The van der Waals surface area contributed by atoms with Crippen molar-refractivity contribution in [2.45, 2.75) is 25.5 Å². The lowest BCUT2D eigenvalue weighted by atomic mass is 10.2. The zero-order chi connectivity index (χ0) is 17.6. The summed E-state index contributed by atoms with van der Waals surface area (Å²) in [5.74, 6) is 2.06. The predicted molar refractivity (Wildman–Crippen MR) is 92.6 cm³/mol. The number of hydrogen-bond acceptors (Lipinski definition) is 7. The molecule has 0 spiro atoms. The molecule has 1 amide bonds. The Bertz CT molecular complexity index is 845. The number of aromatic nitrogens is 7. The summed E-state index contributed by atoms with van der Waals surface area (Å²) in [5.41, 5.74) is 0.538. The van der Waals surface area contributed by atoms with Crippen molar-refractivity contribution in [2.75, 3.05) is 12.3 Å². The molecule has 0 unspecified atom stereocenters. The number of rotatable bonds is 7. The number of aryl methyl sites for hydroxylation is 1. The lowest BCUT2D eigenvalue weighted by Gasteiger charge is -2.07. The third-order valence-corrected chi connectivity index (χ3v) is 4.50. The van der Waals surface area contributed by atoms with Gasteiger partial charge in [0.1, 0.15) is 24.3 Å². The average molecular weight is 358 g/mol. The number of amides is 1. The van der Waals surface area contributed by atoms with Crippen LogP contribution in [0, 0.1) is 6.92 Å². The molecular weight excluding hydrogens is 340 g/mol. The third kappa shape index (κ3) is 4.02. The molecule has 9 nitrogen and oxygen atoms in total. The lowest BCUT2D eigenvalue weighted by Crippen LogP contribution is -2.26. The van der Waals surface area contributed by atoms with Gasteiger partial charge < -0.3 is 9.88 Å². The van der Waals surface area contributed by atoms with Gasteiger partial charge in [0.25, 0.3) is 5.91 Å². The van der Waals surface area contributed by atoms with Gasteiger partial charge in [-0.15, -0.1) is 20.4 Å². The maximum absolute atomic E-state index is 12.3. The summed E-state index contributed by atoms with van der Waals surface area (Å²) in [5, 5.41) is 19.4. The highest BCUT2D eigenvalue weighted by Crippen LogP contribution is 2.15. The standard InChI is InChI=1S/C15H18N8OS/c1-3-23-11(2)20-21-15(23)25-7-6-17-14(24)12-4-5-16-13(8-12)22-9-18-19-10-22/h4-5,8-10H,3,6-7H2,1-2H3,(H,17,24). The Morgan fingerprint density at radius 3 is 2.84 bits per heavy atom. The largest absolute Gasteiger partial charge is 0.351 e. The van der Waals surface area contributed by atoms with Crippen molar-refractivity contribution in [3.63, 3.8) is 0 Å². The summed E-state index contributed by atoms with van der Waals surface area (Å²) in [6.45, 7) is 5.35. The molecule has 0 saturated carbocycles. The fraction of sp³-hybridized carbons (Fsp3) is 0.333. The van der Waals surface area contributed by atoms with Crippen LogP contribution in [0.4, 0.5) is 0 Å². The van der Waals surface area contributed by atoms with Crippen LogP contribution in [-0.2, 0) is 6.54 Å². The minimum atomic E-state index is -0.148. The smallest absolute Gasteiger partial charge is 0.251 e. The molecule has 0 atom stereocenters. The normalized spacial score (nSPS) is 10.8. The SMILES string of the molecule is CCn1c(C)nnc1SCCNC(=O)c1ccnc(-n2cnnc2)c1. The summed E-state index contributed by atoms with van der Waals surface area (Å²) in [6.07, 6.45) is 4.66. The zero-order valence-electron chi connectivity index (χ0n) is 14.0. The maximum Gasteiger partial charge on any atom is 0.251 e. The number of carbonyl (C=O) groups excluding carboxylic acids is 1. The number of thioether (sulfide) groups is 1. The molecule has 10 heteroatoms. The molecule has 0 aliphatic heterocycles. The van der Waals surface area contributed by atoms with Gasteiger partial charge >= 0.3 is 0 Å². The molecule has 0 fully saturated rings. The Hall–Kier alpha value is -2.75. The van der Waals surface area contributed by atoms with Crippen LogP contribution < -0.4 is 5.32 Å². The molecule has 0 radical (unpaired) electrons. The highest BCUT2D eigenvalue weighted by atomic mass is 32.2. The monoisotopic (exact) mass is 358 g/mol. The van der Waals surface area contributed by atoms with Crippen molar-refractivity contribution in [3.05, 3.63) is 42.4 Å². The first-order valence-electron chi connectivity index (χ1n) is 7.81. The predicted octanol–water partition coefficient (Wildman–Crippen LogP) is 1.10. The first-order chi connectivity index (χ1) is 12.2. The van der Waals surface area contributed by atoms with Gasteiger partial charge in [-0.1, -0.05) is 11.8 Å². The van der Waals surface area contributed by atoms with E-state index in [-0.39, 0.29) is 5.91 Å². The molecule has 3 aromatic heterocycles. The molecular formula is C15H18N8OS. The molecule has 1 N–H and O–H groups in total. The van der Waals surface area contributed by atoms with Gasteiger partial charge in [0.2, 0.25) is 0 Å². The summed E-state index contributed by atoms with van der Waals surface area (Å²) in [4.78, 5) is 16.5. The van der Waals surface area contributed by atoms with Crippen molar-refractivity contribution in [1.29, 1.82) is 0 Å². The summed E-state index contributed by atoms with van der Waals surface area (Å²) in [6, 6.07) is 3.37. The number of pyridine rings is 1. The van der Waals surface area contributed by atoms with Crippen LogP contribution in [-0.4, -0.2) is 52.7 Å². The van der Waals surface area contributed by atoms with Crippen LogP contribution in [0.1, 0.15) is 23.1 Å². The minimum absolute atomic E-state index is 0.148. The molecule has 3 heterocycles. The van der Waals surface area contributed by atoms with Crippen molar-refractivity contribution in [2.24, 2.45) is 0 Å². The van der Waals surface area contributed by atoms with Crippen molar-refractivity contribution in [1.82, 2.24) is 39.8 Å². The first kappa shape index (κ1) is 17.1. The Morgan fingerprint density at radius 2 is 2.08 bits per heavy atom. The number of nitrogens with zero attached hydrogens (tertiary/aromatic N) is 7. The quantitative estimate of drug-likeness (QED) is 0.498. The molecule has 0 aliphatic carbocycles. The van der Waals surface area contributed by atoms with E-state index in [2.05, 4.69) is 37.6 Å². The fourth-order valence-electron chi connectivity index (χ4n) is 2.26. The Labute approximate surface area is 148 Å². The first-order valence-corrected chi connectivity index (χ1v) is 8.79. The summed E-state index contributed by atoms with van der Waals surface area (Å²) >= 11 is 1.57. The second-order valence-electron chi connectivity index (χ2n) is 5.15. The Morgan fingerprint density at radius 1 is 1.28 bits per heavy atom. The molecule has 0 bridgehead atoms. The van der Waals surface area contributed by atoms with Gasteiger partial charge in [-0.25, -0.2) is 4.98 Å². The van der Waals surface area contributed by atoms with Crippen LogP contribution in [0.25, 0.3) is 5.82 Å². The van der Waals surface area contributed by atoms with E-state index >= 15 is 0 Å². The van der Waals surface area contributed by atoms with Gasteiger partial charge in [0, 0.05) is 30.6 Å². The summed E-state index contributed by atoms with van der Waals surface area (Å²) < 4.78 is 3.69. The van der Waals surface area contributed by atoms with Crippen molar-refractivity contribution >= 4 is 17.7 Å². The fourth-order valence-corrected chi connectivity index (χ4v) is 3.16. The van der Waals surface area contributed by atoms with E-state index in [1.165, 1.54) is 12.7 Å². The Kier molecular flexibility index (Phi) is 5.39. The molecule has 0 saturated heterocycles. The van der Waals surface area contributed by atoms with Crippen LogP contribution >= 0.6 is 11.8 Å². The third-order valence-electron chi connectivity index (χ3n) is 3.53. The molecule has 3 rings (SSSR count). The number of hydrogen-bond donors (Lipinski definition) is 1. The van der Waals surface area contributed by atoms with E-state index in [4.69, 9.17) is 0 Å². The zero-order valence-corrected chi connectivity index (χ0v) is 14.8. The van der Waals surface area contributed by atoms with Crippen molar-refractivity contribution in [3.8, 4) is 5.82 Å². The number of carbonyl (C=O) groups is 1. The van der Waals surface area contributed by atoms with E-state index in [1.807, 2.05) is 11.5 Å². The van der Waals surface area contributed by atoms with Crippen molar-refractivity contribution < 1.29 is 4.79 Å². The van der Waals surface area contributed by atoms with E-state index in [0.717, 1.165) is 17.5 Å². The second-order valence-corrected chi connectivity index (χ2v) is 6.21. The van der Waals surface area contributed by atoms with Gasteiger partial charge in [0.15, 0.2) is 5.16 Å². The van der Waals surface area contributed by atoms with Crippen LogP contribution in [0.15, 0.2) is 36.1 Å². The highest BCUT2D eigenvalue weighted by molar-refractivity contribution is 7.99. The van der Waals surface area contributed by atoms with Gasteiger partial charge in [-0.05, 0) is 26.0 Å². The highest BCUT2D eigenvalue weighted by Gasteiger charge is 2.10. The van der Waals surface area contributed by atoms with E-state index in [1.54, 1.807) is 34.7 Å². The molecule has 3 aromatic rings. The van der Waals surface area contributed by atoms with Gasteiger partial charge in [0.05, 0.1) is 0 Å². The van der Waals surface area contributed by atoms with Gasteiger partial charge in [-0.2, -0.15) is 0 Å². The van der Waals surface area contributed by atoms with Crippen LogP contribution in [0.5, 0.6) is 0 Å². The van der Waals surface area contributed by atoms with Gasteiger partial charge in [-0.3, -0.25) is 9.36 Å². The molecule has 25 heavy (non-hydrogen) atoms.